The molecule has 0 saturated carbocycles. The second-order valence-corrected chi connectivity index (χ2v) is 4.92. The van der Waals surface area contributed by atoms with Crippen molar-refractivity contribution < 1.29 is 18.3 Å². The van der Waals surface area contributed by atoms with Crippen molar-refractivity contribution in [2.24, 2.45) is 5.73 Å². The second kappa shape index (κ2) is 9.04. The van der Waals surface area contributed by atoms with Gasteiger partial charge in [0.1, 0.15) is 11.6 Å². The molecule has 0 spiro atoms. The van der Waals surface area contributed by atoms with E-state index >= 15 is 0 Å². The third-order valence-electron chi connectivity index (χ3n) is 3.48. The van der Waals surface area contributed by atoms with E-state index in [1.54, 1.807) is 14.2 Å². The lowest BCUT2D eigenvalue weighted by Crippen LogP contribution is -2.44. The highest BCUT2D eigenvalue weighted by Crippen LogP contribution is 2.27. The average molecular weight is 302 g/mol. The minimum absolute atomic E-state index is 0.000874. The van der Waals surface area contributed by atoms with E-state index in [0.29, 0.717) is 19.8 Å². The van der Waals surface area contributed by atoms with Crippen LogP contribution in [0.5, 0.6) is 0 Å². The highest BCUT2D eigenvalue weighted by Gasteiger charge is 2.28. The predicted molar refractivity (Wildman–Crippen MR) is 78.1 cm³/mol. The molecule has 0 radical (unpaired) electrons. The Bertz CT molecular complexity index is 412. The standard InChI is InChI=1S/C15H24F2N2O2/c1-11(10-21-3)19(7-8-20-2)14(9-18)15-12(16)5-4-6-13(15)17/h4-6,11,14H,7-10,18H2,1-3H3. The molecule has 120 valence electrons. The number of nitrogens with zero attached hydrogens (tertiary/aromatic N) is 1. The van der Waals surface area contributed by atoms with E-state index < -0.39 is 17.7 Å². The van der Waals surface area contributed by atoms with Crippen molar-refractivity contribution in [3.05, 3.63) is 35.4 Å². The van der Waals surface area contributed by atoms with Crippen LogP contribution in [0.2, 0.25) is 0 Å². The Labute approximate surface area is 124 Å². The summed E-state index contributed by atoms with van der Waals surface area (Å²) in [6, 6.07) is 3.23. The van der Waals surface area contributed by atoms with Gasteiger partial charge in [-0.2, -0.15) is 0 Å². The summed E-state index contributed by atoms with van der Waals surface area (Å²) in [7, 11) is 3.17. The van der Waals surface area contributed by atoms with Gasteiger partial charge in [-0.1, -0.05) is 6.07 Å². The van der Waals surface area contributed by atoms with Crippen LogP contribution in [-0.2, 0) is 9.47 Å². The molecule has 0 aliphatic heterocycles. The molecule has 21 heavy (non-hydrogen) atoms. The summed E-state index contributed by atoms with van der Waals surface area (Å²) < 4.78 is 38.3. The zero-order valence-electron chi connectivity index (χ0n) is 12.8. The van der Waals surface area contributed by atoms with Crippen LogP contribution >= 0.6 is 0 Å². The summed E-state index contributed by atoms with van der Waals surface area (Å²) in [6.07, 6.45) is 0. The maximum Gasteiger partial charge on any atom is 0.130 e. The summed E-state index contributed by atoms with van der Waals surface area (Å²) in [5.74, 6) is -1.17. The number of nitrogens with two attached hydrogens (primary N) is 1. The van der Waals surface area contributed by atoms with Crippen LogP contribution < -0.4 is 5.73 Å². The highest BCUT2D eigenvalue weighted by molar-refractivity contribution is 5.24. The fraction of sp³-hybridized carbons (Fsp3) is 0.600. The van der Waals surface area contributed by atoms with E-state index in [0.717, 1.165) is 0 Å². The van der Waals surface area contributed by atoms with E-state index in [2.05, 4.69) is 0 Å². The maximum atomic E-state index is 14.0. The molecule has 2 N–H and O–H groups in total. The van der Waals surface area contributed by atoms with Gasteiger partial charge in [0, 0.05) is 38.9 Å². The minimum atomic E-state index is -0.586. The molecule has 0 amide bonds. The van der Waals surface area contributed by atoms with Crippen LogP contribution in [0.3, 0.4) is 0 Å². The van der Waals surface area contributed by atoms with Gasteiger partial charge in [-0.05, 0) is 19.1 Å². The van der Waals surface area contributed by atoms with Gasteiger partial charge < -0.3 is 15.2 Å². The average Bonchev–Trinajstić information content (AvgIpc) is 2.45. The molecule has 1 aromatic carbocycles. The summed E-state index contributed by atoms with van der Waals surface area (Å²) in [5, 5.41) is 0. The van der Waals surface area contributed by atoms with Gasteiger partial charge in [-0.3, -0.25) is 4.90 Å². The van der Waals surface area contributed by atoms with Crippen molar-refractivity contribution in [2.75, 3.05) is 40.5 Å². The lowest BCUT2D eigenvalue weighted by Gasteiger charge is -2.36. The summed E-state index contributed by atoms with van der Waals surface area (Å²) in [4.78, 5) is 1.91. The van der Waals surface area contributed by atoms with Gasteiger partial charge in [-0.15, -0.1) is 0 Å². The van der Waals surface area contributed by atoms with Crippen molar-refractivity contribution in [1.82, 2.24) is 4.90 Å². The van der Waals surface area contributed by atoms with Crippen molar-refractivity contribution in [3.63, 3.8) is 0 Å². The monoisotopic (exact) mass is 302 g/mol. The van der Waals surface area contributed by atoms with E-state index in [1.165, 1.54) is 18.2 Å². The van der Waals surface area contributed by atoms with Crippen molar-refractivity contribution in [2.45, 2.75) is 19.0 Å². The second-order valence-electron chi connectivity index (χ2n) is 4.92. The quantitative estimate of drug-likeness (QED) is 0.757. The Kier molecular flexibility index (Phi) is 7.74. The third-order valence-corrected chi connectivity index (χ3v) is 3.48. The van der Waals surface area contributed by atoms with Crippen molar-refractivity contribution in [1.29, 1.82) is 0 Å². The van der Waals surface area contributed by atoms with Gasteiger partial charge in [0.25, 0.3) is 0 Å². The Morgan fingerprint density at radius 3 is 2.29 bits per heavy atom. The highest BCUT2D eigenvalue weighted by atomic mass is 19.1. The molecule has 6 heteroatoms. The maximum absolute atomic E-state index is 14.0. The normalized spacial score (nSPS) is 14.4. The zero-order valence-corrected chi connectivity index (χ0v) is 12.8. The molecule has 0 fully saturated rings. The molecule has 2 atom stereocenters. The lowest BCUT2D eigenvalue weighted by atomic mass is 10.0. The molecule has 0 saturated heterocycles. The van der Waals surface area contributed by atoms with Crippen LogP contribution in [0.1, 0.15) is 18.5 Å². The van der Waals surface area contributed by atoms with Gasteiger partial charge >= 0.3 is 0 Å². The summed E-state index contributed by atoms with van der Waals surface area (Å²) in [6.45, 7) is 3.43. The van der Waals surface area contributed by atoms with Gasteiger partial charge in [0.2, 0.25) is 0 Å². The molecule has 0 bridgehead atoms. The first-order chi connectivity index (χ1) is 10.1. The van der Waals surface area contributed by atoms with Crippen LogP contribution in [0.4, 0.5) is 8.78 Å². The Hall–Kier alpha value is -1.08. The van der Waals surface area contributed by atoms with Crippen molar-refractivity contribution in [3.8, 4) is 0 Å². The predicted octanol–water partition coefficient (Wildman–Crippen LogP) is 1.95. The Morgan fingerprint density at radius 2 is 1.81 bits per heavy atom. The van der Waals surface area contributed by atoms with Crippen LogP contribution in [0, 0.1) is 11.6 Å². The van der Waals surface area contributed by atoms with Crippen molar-refractivity contribution >= 4 is 0 Å². The molecule has 0 aromatic heterocycles. The molecular weight excluding hydrogens is 278 g/mol. The molecule has 0 heterocycles. The van der Waals surface area contributed by atoms with Crippen LogP contribution in [0.15, 0.2) is 18.2 Å². The number of benzene rings is 1. The molecule has 2 unspecified atom stereocenters. The summed E-state index contributed by atoms with van der Waals surface area (Å²) in [5.41, 5.74) is 5.79. The van der Waals surface area contributed by atoms with E-state index in [1.807, 2.05) is 11.8 Å². The number of rotatable bonds is 9. The van der Waals surface area contributed by atoms with Gasteiger partial charge in [0.05, 0.1) is 19.3 Å². The number of hydrogen-bond acceptors (Lipinski definition) is 4. The number of hydrogen-bond donors (Lipinski definition) is 1. The molecule has 0 aliphatic rings. The fourth-order valence-corrected chi connectivity index (χ4v) is 2.47. The first-order valence-electron chi connectivity index (χ1n) is 6.94. The number of halogens is 2. The van der Waals surface area contributed by atoms with Crippen LogP contribution in [0.25, 0.3) is 0 Å². The van der Waals surface area contributed by atoms with Gasteiger partial charge in [-0.25, -0.2) is 8.78 Å². The van der Waals surface area contributed by atoms with Crippen LogP contribution in [-0.4, -0.2) is 51.5 Å². The first-order valence-corrected chi connectivity index (χ1v) is 6.94. The largest absolute Gasteiger partial charge is 0.383 e. The SMILES string of the molecule is COCCN(C(C)COC)C(CN)c1c(F)cccc1F. The molecular formula is C15H24F2N2O2. The topological polar surface area (TPSA) is 47.7 Å². The molecule has 1 rings (SSSR count). The number of ether oxygens (including phenoxy) is 2. The minimum Gasteiger partial charge on any atom is -0.383 e. The number of methoxy groups -OCH3 is 2. The zero-order chi connectivity index (χ0) is 15.8. The Morgan fingerprint density at radius 1 is 1.19 bits per heavy atom. The molecule has 0 aliphatic carbocycles. The summed E-state index contributed by atoms with van der Waals surface area (Å²) >= 11 is 0. The third kappa shape index (κ3) is 4.71. The Balaban J connectivity index is 3.10. The molecule has 4 nitrogen and oxygen atoms in total. The molecule has 1 aromatic rings. The van der Waals surface area contributed by atoms with E-state index in [4.69, 9.17) is 15.2 Å². The van der Waals surface area contributed by atoms with Gasteiger partial charge in [0.15, 0.2) is 0 Å². The smallest absolute Gasteiger partial charge is 0.130 e. The van der Waals surface area contributed by atoms with E-state index in [9.17, 15) is 8.78 Å². The fourth-order valence-electron chi connectivity index (χ4n) is 2.47. The van der Waals surface area contributed by atoms with E-state index in [-0.39, 0.29) is 18.2 Å². The first kappa shape index (κ1) is 18.0. The lowest BCUT2D eigenvalue weighted by molar-refractivity contribution is 0.0466.